The van der Waals surface area contributed by atoms with E-state index in [0.29, 0.717) is 16.1 Å². The lowest BCUT2D eigenvalue weighted by Crippen LogP contribution is -2.17. The zero-order valence-electron chi connectivity index (χ0n) is 12.4. The summed E-state index contributed by atoms with van der Waals surface area (Å²) in [7, 11) is 0. The van der Waals surface area contributed by atoms with Gasteiger partial charge in [-0.05, 0) is 29.8 Å². The number of alkyl halides is 3. The molecule has 8 heteroatoms. The Hall–Kier alpha value is -2.87. The van der Waals surface area contributed by atoms with E-state index in [1.165, 1.54) is 46.2 Å². The maximum absolute atomic E-state index is 12.8. The van der Waals surface area contributed by atoms with Crippen molar-refractivity contribution in [1.29, 1.82) is 0 Å². The number of aromatic nitrogens is 2. The van der Waals surface area contributed by atoms with E-state index in [0.717, 1.165) is 10.2 Å². The summed E-state index contributed by atoms with van der Waals surface area (Å²) < 4.78 is 43.0. The van der Waals surface area contributed by atoms with Gasteiger partial charge in [-0.15, -0.1) is 13.2 Å². The van der Waals surface area contributed by atoms with Crippen LogP contribution in [0.25, 0.3) is 26.3 Å². The molecule has 0 spiro atoms. The molecule has 25 heavy (non-hydrogen) atoms. The van der Waals surface area contributed by atoms with Crippen LogP contribution in [0.4, 0.5) is 13.2 Å². The third kappa shape index (κ3) is 2.85. The van der Waals surface area contributed by atoms with E-state index >= 15 is 0 Å². The summed E-state index contributed by atoms with van der Waals surface area (Å²) in [5.74, 6) is -0.341. The van der Waals surface area contributed by atoms with E-state index < -0.39 is 6.36 Å². The molecule has 4 nitrogen and oxygen atoms in total. The van der Waals surface area contributed by atoms with Crippen LogP contribution in [0, 0.1) is 0 Å². The van der Waals surface area contributed by atoms with Crippen molar-refractivity contribution < 1.29 is 17.9 Å². The van der Waals surface area contributed by atoms with Crippen molar-refractivity contribution in [2.24, 2.45) is 0 Å². The van der Waals surface area contributed by atoms with Crippen LogP contribution in [0.15, 0.2) is 59.5 Å². The largest absolute Gasteiger partial charge is 0.573 e. The summed E-state index contributed by atoms with van der Waals surface area (Å²) in [4.78, 5) is 17.7. The molecule has 0 bridgehead atoms. The predicted molar refractivity (Wildman–Crippen MR) is 89.0 cm³/mol. The number of thiazole rings is 1. The first-order valence-corrected chi connectivity index (χ1v) is 7.99. The monoisotopic (exact) mass is 362 g/mol. The fraction of sp³-hybridized carbons (Fsp3) is 0.0588. The first kappa shape index (κ1) is 15.6. The molecule has 0 aliphatic heterocycles. The van der Waals surface area contributed by atoms with Crippen LogP contribution in [-0.4, -0.2) is 15.7 Å². The van der Waals surface area contributed by atoms with Crippen molar-refractivity contribution in [3.63, 3.8) is 0 Å². The average Bonchev–Trinajstić information content (AvgIpc) is 2.94. The highest BCUT2D eigenvalue weighted by Crippen LogP contribution is 2.27. The third-order valence-electron chi connectivity index (χ3n) is 3.64. The molecule has 0 aliphatic carbocycles. The Labute approximate surface area is 142 Å². The molecule has 0 radical (unpaired) electrons. The van der Waals surface area contributed by atoms with Crippen molar-refractivity contribution in [2.45, 2.75) is 6.36 Å². The Morgan fingerprint density at radius 3 is 2.48 bits per heavy atom. The van der Waals surface area contributed by atoms with Crippen LogP contribution in [0.2, 0.25) is 0 Å². The molecule has 4 aromatic rings. The molecular formula is C17H9F3N2O2S. The fourth-order valence-electron chi connectivity index (χ4n) is 2.59. The van der Waals surface area contributed by atoms with Gasteiger partial charge >= 0.3 is 6.36 Å². The van der Waals surface area contributed by atoms with Crippen LogP contribution < -0.4 is 10.3 Å². The third-order valence-corrected chi connectivity index (χ3v) is 4.67. The Kier molecular flexibility index (Phi) is 3.50. The van der Waals surface area contributed by atoms with Gasteiger partial charge in [0, 0.05) is 6.20 Å². The molecule has 0 amide bonds. The lowest BCUT2D eigenvalue weighted by molar-refractivity contribution is -0.274. The van der Waals surface area contributed by atoms with E-state index in [2.05, 4.69) is 9.72 Å². The van der Waals surface area contributed by atoms with Crippen molar-refractivity contribution in [3.8, 4) is 16.9 Å². The molecule has 0 fully saturated rings. The Morgan fingerprint density at radius 2 is 1.76 bits per heavy atom. The van der Waals surface area contributed by atoms with Crippen molar-refractivity contribution >= 4 is 26.5 Å². The van der Waals surface area contributed by atoms with E-state index in [1.807, 2.05) is 24.3 Å². The molecular weight excluding hydrogens is 353 g/mol. The molecule has 2 heterocycles. The molecule has 0 atom stereocenters. The van der Waals surface area contributed by atoms with Gasteiger partial charge in [0.2, 0.25) is 0 Å². The zero-order valence-corrected chi connectivity index (χ0v) is 13.3. The number of ether oxygens (including phenoxy) is 1. The van der Waals surface area contributed by atoms with Gasteiger partial charge in [-0.3, -0.25) is 9.20 Å². The van der Waals surface area contributed by atoms with Gasteiger partial charge in [0.15, 0.2) is 4.96 Å². The molecule has 4 rings (SSSR count). The van der Waals surface area contributed by atoms with Crippen LogP contribution in [-0.2, 0) is 0 Å². The molecule has 2 aromatic carbocycles. The van der Waals surface area contributed by atoms with Gasteiger partial charge in [0.05, 0.1) is 15.8 Å². The minimum atomic E-state index is -4.75. The highest BCUT2D eigenvalue weighted by atomic mass is 32.1. The van der Waals surface area contributed by atoms with Gasteiger partial charge in [-0.1, -0.05) is 35.6 Å². The number of nitrogens with zero attached hydrogens (tertiary/aromatic N) is 2. The molecule has 2 aromatic heterocycles. The number of benzene rings is 2. The first-order chi connectivity index (χ1) is 11.9. The molecule has 0 unspecified atom stereocenters. The summed E-state index contributed by atoms with van der Waals surface area (Å²) in [6.45, 7) is 0. The summed E-state index contributed by atoms with van der Waals surface area (Å²) in [6.07, 6.45) is -3.32. The number of fused-ring (bicyclic) bond motifs is 3. The van der Waals surface area contributed by atoms with Crippen molar-refractivity contribution in [1.82, 2.24) is 9.38 Å². The quantitative estimate of drug-likeness (QED) is 0.528. The van der Waals surface area contributed by atoms with E-state index in [9.17, 15) is 18.0 Å². The Morgan fingerprint density at radius 1 is 1.04 bits per heavy atom. The SMILES string of the molecule is O=c1c(-c2ccc(OC(F)(F)F)cc2)cnc2sc3ccccc3n12. The molecule has 0 aliphatic rings. The summed E-state index contributed by atoms with van der Waals surface area (Å²) in [5.41, 5.74) is 1.25. The summed E-state index contributed by atoms with van der Waals surface area (Å²) in [6, 6.07) is 12.6. The van der Waals surface area contributed by atoms with Gasteiger partial charge in [0.1, 0.15) is 5.75 Å². The van der Waals surface area contributed by atoms with Crippen LogP contribution in [0.3, 0.4) is 0 Å². The Bertz CT molecular complexity index is 1130. The first-order valence-electron chi connectivity index (χ1n) is 7.18. The number of halogens is 3. The number of hydrogen-bond acceptors (Lipinski definition) is 4. The standard InChI is InChI=1S/C17H9F3N2O2S/c18-17(19,20)24-11-7-5-10(6-8-11)12-9-21-16-22(15(12)23)13-3-1-2-4-14(13)25-16/h1-9H. The topological polar surface area (TPSA) is 43.6 Å². The predicted octanol–water partition coefficient (Wildman–Crippen LogP) is 4.47. The maximum atomic E-state index is 12.8. The summed E-state index contributed by atoms with van der Waals surface area (Å²) in [5, 5.41) is 0. The zero-order chi connectivity index (χ0) is 17.6. The number of rotatable bonds is 2. The fourth-order valence-corrected chi connectivity index (χ4v) is 3.57. The minimum absolute atomic E-state index is 0.271. The van der Waals surface area contributed by atoms with Gasteiger partial charge in [-0.25, -0.2) is 4.98 Å². The van der Waals surface area contributed by atoms with E-state index in [-0.39, 0.29) is 11.3 Å². The summed E-state index contributed by atoms with van der Waals surface area (Å²) >= 11 is 1.40. The van der Waals surface area contributed by atoms with Crippen LogP contribution >= 0.6 is 11.3 Å². The van der Waals surface area contributed by atoms with E-state index in [1.54, 1.807) is 0 Å². The van der Waals surface area contributed by atoms with Gasteiger partial charge < -0.3 is 4.74 Å². The normalized spacial score (nSPS) is 12.0. The lowest BCUT2D eigenvalue weighted by Gasteiger charge is -2.09. The highest BCUT2D eigenvalue weighted by Gasteiger charge is 2.31. The maximum Gasteiger partial charge on any atom is 0.573 e. The van der Waals surface area contributed by atoms with Gasteiger partial charge in [-0.2, -0.15) is 0 Å². The highest BCUT2D eigenvalue weighted by molar-refractivity contribution is 7.23. The molecule has 0 saturated carbocycles. The smallest absolute Gasteiger partial charge is 0.406 e. The second-order valence-electron chi connectivity index (χ2n) is 5.24. The Balaban J connectivity index is 1.83. The molecule has 126 valence electrons. The van der Waals surface area contributed by atoms with Gasteiger partial charge in [0.25, 0.3) is 5.56 Å². The molecule has 0 N–H and O–H groups in total. The lowest BCUT2D eigenvalue weighted by atomic mass is 10.1. The average molecular weight is 362 g/mol. The van der Waals surface area contributed by atoms with E-state index in [4.69, 9.17) is 0 Å². The second-order valence-corrected chi connectivity index (χ2v) is 6.25. The van der Waals surface area contributed by atoms with Crippen LogP contribution in [0.1, 0.15) is 0 Å². The van der Waals surface area contributed by atoms with Crippen molar-refractivity contribution in [3.05, 3.63) is 65.1 Å². The van der Waals surface area contributed by atoms with Crippen LogP contribution in [0.5, 0.6) is 5.75 Å². The molecule has 0 saturated heterocycles. The van der Waals surface area contributed by atoms with Crippen molar-refractivity contribution in [2.75, 3.05) is 0 Å². The number of hydrogen-bond donors (Lipinski definition) is 0. The minimum Gasteiger partial charge on any atom is -0.406 e. The number of para-hydroxylation sites is 1. The second kappa shape index (κ2) is 5.59.